The zero-order valence-corrected chi connectivity index (χ0v) is 36.4. The van der Waals surface area contributed by atoms with Gasteiger partial charge >= 0.3 is 0 Å². The van der Waals surface area contributed by atoms with Crippen molar-refractivity contribution in [2.45, 2.75) is 38.5 Å². The third kappa shape index (κ3) is 4.65. The van der Waals surface area contributed by atoms with Crippen LogP contribution in [0.4, 0.5) is 34.1 Å². The second-order valence-corrected chi connectivity index (χ2v) is 19.3. The molecule has 64 heavy (non-hydrogen) atoms. The zero-order valence-electron chi connectivity index (χ0n) is 36.4. The van der Waals surface area contributed by atoms with Crippen molar-refractivity contribution in [2.24, 2.45) is 0 Å². The van der Waals surface area contributed by atoms with Crippen molar-refractivity contribution in [1.82, 2.24) is 0 Å². The molecule has 0 radical (unpaired) electrons. The average molecular weight is 817 g/mol. The van der Waals surface area contributed by atoms with Crippen molar-refractivity contribution >= 4 is 110 Å². The first-order valence-electron chi connectivity index (χ1n) is 22.7. The highest BCUT2D eigenvalue weighted by atomic mass is 15.2. The van der Waals surface area contributed by atoms with Gasteiger partial charge in [0.05, 0.1) is 11.4 Å². The third-order valence-electron chi connectivity index (χ3n) is 15.2. The molecule has 0 saturated carbocycles. The second-order valence-electron chi connectivity index (χ2n) is 19.3. The lowest BCUT2D eigenvalue weighted by molar-refractivity contribution is 0.662. The number of hydrogen-bond acceptors (Lipinski definition) is 2. The van der Waals surface area contributed by atoms with E-state index < -0.39 is 0 Å². The first kappa shape index (κ1) is 35.9. The van der Waals surface area contributed by atoms with Gasteiger partial charge in [0.1, 0.15) is 0 Å². The van der Waals surface area contributed by atoms with Crippen LogP contribution in [0.3, 0.4) is 0 Å². The summed E-state index contributed by atoms with van der Waals surface area (Å²) in [5.74, 6) is 0. The SMILES string of the molecule is CC1(C)c2cccc3ccc4cc(N(c5ccccc5)c5ccc6ccc7c(N(c8ccccc8)c8cc9c%10c(ccc%11cccc(c%11%10)C9(C)C)c8)ccc8ccc5c6c87)cc1c4c23. The van der Waals surface area contributed by atoms with Crippen molar-refractivity contribution in [2.75, 3.05) is 9.80 Å². The Hall–Kier alpha value is -7.68. The van der Waals surface area contributed by atoms with Crippen LogP contribution >= 0.6 is 0 Å². The summed E-state index contributed by atoms with van der Waals surface area (Å²) in [5.41, 5.74) is 12.3. The Morgan fingerprint density at radius 1 is 0.266 bits per heavy atom. The Labute approximate surface area is 372 Å². The number of benzene rings is 12. The molecule has 0 unspecified atom stereocenters. The van der Waals surface area contributed by atoms with E-state index in [9.17, 15) is 0 Å². The highest BCUT2D eigenvalue weighted by molar-refractivity contribution is 6.28. The smallest absolute Gasteiger partial charge is 0.0540 e. The first-order valence-corrected chi connectivity index (χ1v) is 22.7. The van der Waals surface area contributed by atoms with Gasteiger partial charge in [0.25, 0.3) is 0 Å². The fourth-order valence-corrected chi connectivity index (χ4v) is 12.2. The van der Waals surface area contributed by atoms with Crippen LogP contribution in [0.5, 0.6) is 0 Å². The molecule has 0 heterocycles. The molecule has 0 bridgehead atoms. The molecule has 0 N–H and O–H groups in total. The second kappa shape index (κ2) is 12.5. The van der Waals surface area contributed by atoms with Gasteiger partial charge in [0.2, 0.25) is 0 Å². The average Bonchev–Trinajstić information content (AvgIpc) is 3.71. The molecule has 0 amide bonds. The van der Waals surface area contributed by atoms with Crippen molar-refractivity contribution < 1.29 is 0 Å². The summed E-state index contributed by atoms with van der Waals surface area (Å²) in [5, 5.41) is 18.3. The van der Waals surface area contributed by atoms with E-state index in [2.05, 4.69) is 232 Å². The largest absolute Gasteiger partial charge is 0.310 e. The lowest BCUT2D eigenvalue weighted by Gasteiger charge is -2.31. The van der Waals surface area contributed by atoms with Gasteiger partial charge in [-0.2, -0.15) is 0 Å². The minimum atomic E-state index is -0.126. The summed E-state index contributed by atoms with van der Waals surface area (Å²) in [6.07, 6.45) is 0. The molecule has 0 fully saturated rings. The summed E-state index contributed by atoms with van der Waals surface area (Å²) < 4.78 is 0. The van der Waals surface area contributed by atoms with E-state index in [0.717, 1.165) is 11.4 Å². The third-order valence-corrected chi connectivity index (χ3v) is 15.2. The van der Waals surface area contributed by atoms with E-state index in [1.807, 2.05) is 0 Å². The molecule has 0 aromatic heterocycles. The summed E-state index contributed by atoms with van der Waals surface area (Å²) in [4.78, 5) is 4.99. The van der Waals surface area contributed by atoms with Gasteiger partial charge in [-0.25, -0.2) is 0 Å². The fraction of sp³-hybridized carbons (Fsp3) is 0.0968. The van der Waals surface area contributed by atoms with Gasteiger partial charge in [-0.3, -0.25) is 0 Å². The minimum absolute atomic E-state index is 0.126. The maximum Gasteiger partial charge on any atom is 0.0540 e. The van der Waals surface area contributed by atoms with Crippen LogP contribution in [-0.4, -0.2) is 0 Å². The maximum atomic E-state index is 2.50. The van der Waals surface area contributed by atoms with Crippen LogP contribution in [0.15, 0.2) is 194 Å². The molecular weight excluding hydrogens is 773 g/mol. The highest BCUT2D eigenvalue weighted by Gasteiger charge is 2.37. The Morgan fingerprint density at radius 3 is 1.06 bits per heavy atom. The van der Waals surface area contributed by atoms with Crippen molar-refractivity contribution in [3.05, 3.63) is 216 Å². The normalized spacial score (nSPS) is 14.5. The van der Waals surface area contributed by atoms with E-state index in [4.69, 9.17) is 0 Å². The van der Waals surface area contributed by atoms with Crippen LogP contribution in [0.2, 0.25) is 0 Å². The van der Waals surface area contributed by atoms with Gasteiger partial charge in [-0.05, 0) is 148 Å². The molecule has 0 saturated heterocycles. The number of anilines is 6. The van der Waals surface area contributed by atoms with Crippen LogP contribution in [0.1, 0.15) is 49.9 Å². The number of nitrogens with zero attached hydrogens (tertiary/aromatic N) is 2. The van der Waals surface area contributed by atoms with E-state index in [1.165, 1.54) is 120 Å². The summed E-state index contributed by atoms with van der Waals surface area (Å²) >= 11 is 0. The molecular formula is C62H44N2. The van der Waals surface area contributed by atoms with E-state index >= 15 is 0 Å². The Balaban J connectivity index is 1.01. The fourth-order valence-electron chi connectivity index (χ4n) is 12.2. The van der Waals surface area contributed by atoms with Gasteiger partial charge < -0.3 is 9.80 Å². The minimum Gasteiger partial charge on any atom is -0.310 e. The molecule has 14 rings (SSSR count). The molecule has 2 nitrogen and oxygen atoms in total. The molecule has 12 aromatic carbocycles. The van der Waals surface area contributed by atoms with Gasteiger partial charge in [0.15, 0.2) is 0 Å². The molecule has 0 aliphatic heterocycles. The highest BCUT2D eigenvalue weighted by Crippen LogP contribution is 2.54. The standard InChI is InChI=1S/C62H44N2/c1-61(2)49-19-11-13-37-21-23-41-33-45(35-51(61)59(41)57(37)49)63(43-15-7-5-8-16-43)53-31-27-39-26-30-48-54(32-28-40-25-29-47(53)55(39)56(40)48)64(44-17-9-6-10-18-44)46-34-42-24-22-38-14-12-20-50-58(38)60(42)52(36-46)62(50,3)4/h5-36H,1-4H3. The van der Waals surface area contributed by atoms with Crippen LogP contribution < -0.4 is 9.80 Å². The van der Waals surface area contributed by atoms with Gasteiger partial charge in [0, 0.05) is 44.4 Å². The topological polar surface area (TPSA) is 6.48 Å². The molecule has 12 aromatic rings. The van der Waals surface area contributed by atoms with E-state index in [1.54, 1.807) is 0 Å². The number of rotatable bonds is 6. The molecule has 2 heteroatoms. The Kier molecular flexibility index (Phi) is 7.00. The molecule has 0 spiro atoms. The molecule has 302 valence electrons. The molecule has 0 atom stereocenters. The maximum absolute atomic E-state index is 2.50. The summed E-state index contributed by atoms with van der Waals surface area (Å²) in [7, 11) is 0. The lowest BCUT2D eigenvalue weighted by atomic mass is 9.81. The summed E-state index contributed by atoms with van der Waals surface area (Å²) in [6, 6.07) is 73.3. The quantitative estimate of drug-likeness (QED) is 0.154. The Bertz CT molecular complexity index is 3690. The predicted octanol–water partition coefficient (Wildman–Crippen LogP) is 17.4. The van der Waals surface area contributed by atoms with E-state index in [0.29, 0.717) is 0 Å². The zero-order chi connectivity index (χ0) is 42.6. The van der Waals surface area contributed by atoms with Crippen LogP contribution in [0.25, 0.3) is 75.4 Å². The van der Waals surface area contributed by atoms with Crippen molar-refractivity contribution in [3.63, 3.8) is 0 Å². The van der Waals surface area contributed by atoms with Gasteiger partial charge in [-0.15, -0.1) is 0 Å². The first-order chi connectivity index (χ1) is 31.3. The monoisotopic (exact) mass is 816 g/mol. The van der Waals surface area contributed by atoms with Gasteiger partial charge in [-0.1, -0.05) is 161 Å². The predicted molar refractivity (Wildman–Crippen MR) is 274 cm³/mol. The molecule has 2 aliphatic rings. The van der Waals surface area contributed by atoms with E-state index in [-0.39, 0.29) is 10.8 Å². The Morgan fingerprint density at radius 2 is 0.625 bits per heavy atom. The van der Waals surface area contributed by atoms with Crippen LogP contribution in [0, 0.1) is 0 Å². The van der Waals surface area contributed by atoms with Crippen molar-refractivity contribution in [1.29, 1.82) is 0 Å². The number of hydrogen-bond donors (Lipinski definition) is 0. The molecule has 2 aliphatic carbocycles. The summed E-state index contributed by atoms with van der Waals surface area (Å²) in [6.45, 7) is 9.57. The van der Waals surface area contributed by atoms with Crippen LogP contribution in [-0.2, 0) is 10.8 Å². The van der Waals surface area contributed by atoms with Crippen molar-refractivity contribution in [3.8, 4) is 0 Å². The lowest BCUT2D eigenvalue weighted by Crippen LogP contribution is -2.17. The number of para-hydroxylation sites is 2.